The van der Waals surface area contributed by atoms with Crippen molar-refractivity contribution < 1.29 is 123 Å². The molecule has 0 saturated heterocycles. The number of carbonyl (C=O) groups excluding carboxylic acids is 2. The van der Waals surface area contributed by atoms with Crippen LogP contribution in [0, 0.1) is 0 Å². The van der Waals surface area contributed by atoms with Gasteiger partial charge in [-0.15, -0.1) is 0 Å². The van der Waals surface area contributed by atoms with Crippen molar-refractivity contribution in [3.8, 4) is 0 Å². The summed E-state index contributed by atoms with van der Waals surface area (Å²) >= 11 is 0. The van der Waals surface area contributed by atoms with Crippen LogP contribution in [0.3, 0.4) is 0 Å². The Balaban J connectivity index is -0.00000364. The first-order valence-corrected chi connectivity index (χ1v) is 13.8. The zero-order valence-corrected chi connectivity index (χ0v) is 27.5. The summed E-state index contributed by atoms with van der Waals surface area (Å²) in [4.78, 5) is 20.6. The molecule has 0 saturated carbocycles. The average molecular weight is 511 g/mol. The molecule has 166 valence electrons. The fraction of sp³-hybridized carbons (Fsp3) is 0.909. The van der Waals surface area contributed by atoms with Crippen molar-refractivity contribution in [2.24, 2.45) is 0 Å². The molecule has 0 spiro atoms. The van der Waals surface area contributed by atoms with E-state index in [-0.39, 0.29) is 116 Å². The molecule has 0 fully saturated rings. The number of hydrogen-bond acceptors (Lipinski definition) is 6. The molecule has 0 amide bonds. The summed E-state index contributed by atoms with van der Waals surface area (Å²) in [5.74, 6) is 0.662. The number of aliphatic carboxylic acids is 2. The predicted molar refractivity (Wildman–Crippen MR) is 118 cm³/mol. The molecule has 0 bridgehead atoms. The quantitative estimate of drug-likeness (QED) is 0.0986. The molecule has 0 aromatic rings. The van der Waals surface area contributed by atoms with Crippen LogP contribution in [0.5, 0.6) is 0 Å². The SMILES string of the molecule is O=C([O-])CCCCCCCCCCSSCCCCCCCCCCC(=O)[O-].[K+].[K+]. The molecule has 0 aromatic heterocycles. The topological polar surface area (TPSA) is 80.3 Å². The van der Waals surface area contributed by atoms with Crippen LogP contribution in [0.1, 0.15) is 116 Å². The smallest absolute Gasteiger partial charge is 0.550 e. The Hall–Kier alpha value is 2.91. The molecule has 0 aliphatic rings. The van der Waals surface area contributed by atoms with E-state index in [1.54, 1.807) is 0 Å². The van der Waals surface area contributed by atoms with Crippen molar-refractivity contribution in [2.75, 3.05) is 11.5 Å². The van der Waals surface area contributed by atoms with Gasteiger partial charge in [-0.05, 0) is 38.5 Å². The molecule has 0 N–H and O–H groups in total. The largest absolute Gasteiger partial charge is 1.00 e. The molecule has 0 aromatic carbocycles. The Morgan fingerprint density at radius 1 is 0.433 bits per heavy atom. The number of carboxylic acid groups (broad SMARTS) is 2. The van der Waals surface area contributed by atoms with E-state index in [0.717, 1.165) is 38.5 Å². The number of rotatable bonds is 23. The molecule has 0 rings (SSSR count). The normalized spacial score (nSPS) is 10.3. The second-order valence-electron chi connectivity index (χ2n) is 7.54. The van der Waals surface area contributed by atoms with Crippen LogP contribution in [0.4, 0.5) is 0 Å². The molecule has 0 atom stereocenters. The first-order valence-electron chi connectivity index (χ1n) is 11.3. The fourth-order valence-electron chi connectivity index (χ4n) is 3.10. The minimum atomic E-state index is -0.921. The summed E-state index contributed by atoms with van der Waals surface area (Å²) in [5, 5.41) is 20.6. The van der Waals surface area contributed by atoms with E-state index in [4.69, 9.17) is 0 Å². The van der Waals surface area contributed by atoms with Gasteiger partial charge < -0.3 is 19.8 Å². The number of carbonyl (C=O) groups is 2. The van der Waals surface area contributed by atoms with Gasteiger partial charge in [0.15, 0.2) is 0 Å². The monoisotopic (exact) mass is 510 g/mol. The van der Waals surface area contributed by atoms with Gasteiger partial charge in [0.05, 0.1) is 0 Å². The van der Waals surface area contributed by atoms with Crippen molar-refractivity contribution in [1.29, 1.82) is 0 Å². The zero-order valence-electron chi connectivity index (χ0n) is 19.6. The van der Waals surface area contributed by atoms with Crippen LogP contribution in [0.15, 0.2) is 0 Å². The molecule has 0 heterocycles. The van der Waals surface area contributed by atoms with Crippen molar-refractivity contribution in [1.82, 2.24) is 0 Å². The van der Waals surface area contributed by atoms with Crippen LogP contribution in [-0.4, -0.2) is 23.4 Å². The van der Waals surface area contributed by atoms with Gasteiger partial charge in [0.1, 0.15) is 0 Å². The average Bonchev–Trinajstić information content (AvgIpc) is 2.65. The van der Waals surface area contributed by atoms with Crippen LogP contribution in [0.2, 0.25) is 0 Å². The molecule has 30 heavy (non-hydrogen) atoms. The first-order chi connectivity index (χ1) is 13.6. The van der Waals surface area contributed by atoms with Crippen molar-refractivity contribution >= 4 is 33.5 Å². The van der Waals surface area contributed by atoms with Crippen LogP contribution < -0.4 is 113 Å². The molecule has 0 aliphatic heterocycles. The predicted octanol–water partition coefficient (Wildman–Crippen LogP) is -1.10. The van der Waals surface area contributed by atoms with Gasteiger partial charge in [0.2, 0.25) is 0 Å². The minimum Gasteiger partial charge on any atom is -0.550 e. The maximum absolute atomic E-state index is 10.3. The van der Waals surface area contributed by atoms with Gasteiger partial charge in [-0.3, -0.25) is 0 Å². The molecule has 4 nitrogen and oxygen atoms in total. The van der Waals surface area contributed by atoms with E-state index in [1.807, 2.05) is 21.6 Å². The van der Waals surface area contributed by atoms with Crippen LogP contribution >= 0.6 is 21.6 Å². The Bertz CT molecular complexity index is 341. The Morgan fingerprint density at radius 3 is 0.933 bits per heavy atom. The van der Waals surface area contributed by atoms with Gasteiger partial charge >= 0.3 is 103 Å². The van der Waals surface area contributed by atoms with E-state index >= 15 is 0 Å². The Kier molecular flexibility index (Phi) is 39.8. The standard InChI is InChI=1S/C22H42O4S2.2K/c23-21(24)17-13-9-5-1-3-7-11-15-19-27-28-20-16-12-8-4-2-6-10-14-18-22(25)26;;/h1-20H2,(H,23,24)(H,25,26);;/q;2*+1/p-2. The van der Waals surface area contributed by atoms with E-state index < -0.39 is 11.9 Å². The second-order valence-corrected chi connectivity index (χ2v) is 10.2. The summed E-state index contributed by atoms with van der Waals surface area (Å²) < 4.78 is 0. The minimum absolute atomic E-state index is 0. The van der Waals surface area contributed by atoms with Gasteiger partial charge in [-0.25, -0.2) is 0 Å². The van der Waals surface area contributed by atoms with Gasteiger partial charge in [0, 0.05) is 23.4 Å². The van der Waals surface area contributed by atoms with Crippen molar-refractivity contribution in [3.05, 3.63) is 0 Å². The van der Waals surface area contributed by atoms with E-state index in [1.165, 1.54) is 75.7 Å². The third-order valence-corrected chi connectivity index (χ3v) is 7.38. The van der Waals surface area contributed by atoms with E-state index in [0.29, 0.717) is 0 Å². The fourth-order valence-corrected chi connectivity index (χ4v) is 5.39. The number of unbranched alkanes of at least 4 members (excludes halogenated alkanes) is 14. The summed E-state index contributed by atoms with van der Waals surface area (Å²) in [6.07, 6.45) is 19.2. The third-order valence-electron chi connectivity index (χ3n) is 4.80. The summed E-state index contributed by atoms with van der Waals surface area (Å²) in [5.41, 5.74) is 0. The maximum atomic E-state index is 10.3. The molecule has 8 heteroatoms. The zero-order chi connectivity index (χ0) is 20.7. The molecular formula is C22H40K2O4S2. The van der Waals surface area contributed by atoms with Gasteiger partial charge in [0.25, 0.3) is 0 Å². The van der Waals surface area contributed by atoms with Crippen molar-refractivity contribution in [3.63, 3.8) is 0 Å². The van der Waals surface area contributed by atoms with E-state index in [9.17, 15) is 19.8 Å². The summed E-state index contributed by atoms with van der Waals surface area (Å²) in [6, 6.07) is 0. The number of hydrogen-bond donors (Lipinski definition) is 0. The summed E-state index contributed by atoms with van der Waals surface area (Å²) in [6.45, 7) is 0. The third kappa shape index (κ3) is 35.5. The number of carboxylic acids is 2. The molecule has 0 unspecified atom stereocenters. The van der Waals surface area contributed by atoms with Crippen LogP contribution in [-0.2, 0) is 9.59 Å². The Morgan fingerprint density at radius 2 is 0.667 bits per heavy atom. The van der Waals surface area contributed by atoms with Gasteiger partial charge in [-0.1, -0.05) is 98.6 Å². The Labute approximate surface area is 278 Å². The summed E-state index contributed by atoms with van der Waals surface area (Å²) in [7, 11) is 4.03. The molecule has 0 radical (unpaired) electrons. The first kappa shape index (κ1) is 37.5. The molecular weight excluding hydrogens is 471 g/mol. The van der Waals surface area contributed by atoms with Crippen molar-refractivity contribution in [2.45, 2.75) is 116 Å². The van der Waals surface area contributed by atoms with Gasteiger partial charge in [-0.2, -0.15) is 0 Å². The maximum Gasteiger partial charge on any atom is 1.00 e. The van der Waals surface area contributed by atoms with Crippen LogP contribution in [0.25, 0.3) is 0 Å². The second kappa shape index (κ2) is 31.9. The van der Waals surface area contributed by atoms with E-state index in [2.05, 4.69) is 0 Å². The molecule has 0 aliphatic carbocycles.